The number of carbonyl (C=O) groups excluding carboxylic acids is 8. The molecule has 10 atom stereocenters. The van der Waals surface area contributed by atoms with Gasteiger partial charge in [0.2, 0.25) is 5.91 Å². The van der Waals surface area contributed by atoms with Crippen LogP contribution in [0, 0.1) is 0 Å². The van der Waals surface area contributed by atoms with E-state index in [1.54, 1.807) is 0 Å². The van der Waals surface area contributed by atoms with Gasteiger partial charge in [0.05, 0.1) is 0 Å². The molecule has 2 rings (SSSR count). The summed E-state index contributed by atoms with van der Waals surface area (Å²) >= 11 is 5.64. The Kier molecular flexibility index (Phi) is 15.4. The minimum atomic E-state index is -1.83. The number of esters is 7. The molecule has 48 heavy (non-hydrogen) atoms. The van der Waals surface area contributed by atoms with E-state index in [9.17, 15) is 38.4 Å². The molecule has 19 nitrogen and oxygen atoms in total. The fourth-order valence-corrected chi connectivity index (χ4v) is 4.90. The first-order valence-electron chi connectivity index (χ1n) is 14.4. The number of hydrogen-bond donors (Lipinski definition) is 1. The number of halogens is 1. The van der Waals surface area contributed by atoms with Gasteiger partial charge in [-0.1, -0.05) is 0 Å². The minimum absolute atomic E-state index is 0.551. The van der Waals surface area contributed by atoms with Crippen LogP contribution in [0.3, 0.4) is 0 Å². The highest BCUT2D eigenvalue weighted by molar-refractivity contribution is 6.27. The van der Waals surface area contributed by atoms with Crippen molar-refractivity contribution in [3.8, 4) is 0 Å². The minimum Gasteiger partial charge on any atom is -0.463 e. The number of amides is 1. The molecular formula is C28H38ClNO18. The summed E-state index contributed by atoms with van der Waals surface area (Å²) in [5.41, 5.74) is 0. The van der Waals surface area contributed by atoms with Crippen LogP contribution >= 0.6 is 11.6 Å². The summed E-state index contributed by atoms with van der Waals surface area (Å²) < 4.78 is 55.3. The van der Waals surface area contributed by atoms with E-state index in [0.29, 0.717) is 0 Å². The van der Waals surface area contributed by atoms with Gasteiger partial charge in [0.15, 0.2) is 43.0 Å². The third-order valence-corrected chi connectivity index (χ3v) is 6.60. The zero-order chi connectivity index (χ0) is 36.3. The lowest BCUT2D eigenvalue weighted by molar-refractivity contribution is -0.345. The van der Waals surface area contributed by atoms with Crippen molar-refractivity contribution in [2.24, 2.45) is 0 Å². The van der Waals surface area contributed by atoms with E-state index in [1.165, 1.54) is 0 Å². The number of hydrogen-bond acceptors (Lipinski definition) is 18. The van der Waals surface area contributed by atoms with Crippen molar-refractivity contribution in [2.45, 2.75) is 110 Å². The molecular weight excluding hydrogens is 674 g/mol. The van der Waals surface area contributed by atoms with Gasteiger partial charge in [-0.05, 0) is 0 Å². The second kappa shape index (κ2) is 18.5. The third kappa shape index (κ3) is 12.2. The highest BCUT2D eigenvalue weighted by atomic mass is 35.5. The fourth-order valence-electron chi connectivity index (χ4n) is 4.83. The van der Waals surface area contributed by atoms with Crippen molar-refractivity contribution in [1.82, 2.24) is 5.32 Å². The molecule has 0 bridgehead atoms. The summed E-state index contributed by atoms with van der Waals surface area (Å²) in [6.07, 6.45) is -16.1. The van der Waals surface area contributed by atoms with E-state index < -0.39 is 128 Å². The molecule has 0 aromatic heterocycles. The van der Waals surface area contributed by atoms with E-state index >= 15 is 0 Å². The standard InChI is InChI=1S/C28H38ClNO18/c1-11(31)39-9-18-22(23(42-14(4)34)25(44-16(6)36)27(46-18)30-20(38)8-29)48-28-26(45-17(7)37)24(43-15(5)35)21(41-13(3)33)19(47-28)10-40-12(2)32/h18-19,21-28H,8-10H2,1-7H3,(H,30,38)/t18-,19-,21-,22-,23+,24+,25-,26-,27-,28+/m1/s1. The summed E-state index contributed by atoms with van der Waals surface area (Å²) in [6, 6.07) is 0. The van der Waals surface area contributed by atoms with Crippen LogP contribution in [0.15, 0.2) is 0 Å². The summed E-state index contributed by atoms with van der Waals surface area (Å²) in [6.45, 7) is 6.05. The fraction of sp³-hybridized carbons (Fsp3) is 0.714. The average Bonchev–Trinajstić information content (AvgIpc) is 2.95. The molecule has 270 valence electrons. The first-order valence-corrected chi connectivity index (χ1v) is 14.9. The van der Waals surface area contributed by atoms with Crippen molar-refractivity contribution >= 4 is 59.3 Å². The van der Waals surface area contributed by atoms with Crippen LogP contribution in [-0.2, 0) is 85.7 Å². The first kappa shape index (κ1) is 40.1. The van der Waals surface area contributed by atoms with Crippen LogP contribution in [0.2, 0.25) is 0 Å². The Hall–Kier alpha value is -4.07. The second-order valence-corrected chi connectivity index (χ2v) is 10.7. The molecule has 0 radical (unpaired) electrons. The smallest absolute Gasteiger partial charge is 0.303 e. The maximum Gasteiger partial charge on any atom is 0.303 e. The van der Waals surface area contributed by atoms with E-state index in [-0.39, 0.29) is 0 Å². The molecule has 2 aliphatic rings. The lowest BCUT2D eigenvalue weighted by atomic mass is 9.95. The van der Waals surface area contributed by atoms with Gasteiger partial charge in [-0.2, -0.15) is 0 Å². The second-order valence-electron chi connectivity index (χ2n) is 10.4. The van der Waals surface area contributed by atoms with E-state index in [0.717, 1.165) is 48.5 Å². The lowest BCUT2D eigenvalue weighted by Crippen LogP contribution is -2.69. The van der Waals surface area contributed by atoms with Crippen molar-refractivity contribution in [3.63, 3.8) is 0 Å². The monoisotopic (exact) mass is 711 g/mol. The van der Waals surface area contributed by atoms with Crippen LogP contribution < -0.4 is 5.32 Å². The molecule has 20 heteroatoms. The zero-order valence-electron chi connectivity index (χ0n) is 27.1. The molecule has 0 unspecified atom stereocenters. The molecule has 2 saturated heterocycles. The molecule has 0 spiro atoms. The van der Waals surface area contributed by atoms with Crippen LogP contribution in [0.1, 0.15) is 48.5 Å². The summed E-state index contributed by atoms with van der Waals surface area (Å²) in [7, 11) is 0. The highest BCUT2D eigenvalue weighted by Gasteiger charge is 2.57. The molecule has 0 saturated carbocycles. The maximum absolute atomic E-state index is 12.4. The van der Waals surface area contributed by atoms with E-state index in [4.69, 9.17) is 59.0 Å². The molecule has 0 aromatic carbocycles. The first-order chi connectivity index (χ1) is 22.4. The lowest BCUT2D eigenvalue weighted by Gasteiger charge is -2.48. The van der Waals surface area contributed by atoms with Crippen molar-refractivity contribution in [2.75, 3.05) is 19.1 Å². The van der Waals surface area contributed by atoms with Gasteiger partial charge < -0.3 is 52.7 Å². The molecule has 0 aliphatic carbocycles. The van der Waals surface area contributed by atoms with E-state index in [2.05, 4.69) is 5.32 Å². The largest absolute Gasteiger partial charge is 0.463 e. The SMILES string of the molecule is CC(=O)OC[C@H]1O[C@@H](NC(=O)CCl)[C@H](OC(C)=O)[C@@H](OC(C)=O)[C@@H]1O[C@@H]1O[C@H](COC(C)=O)[C@@H](OC(C)=O)[C@H](OC(C)=O)[C@H]1OC(C)=O. The molecule has 2 heterocycles. The predicted octanol–water partition coefficient (Wildman–Crippen LogP) is -1.04. The topological polar surface area (TPSA) is 241 Å². The number of nitrogens with one attached hydrogen (secondary N) is 1. The Labute approximate surface area is 279 Å². The Bertz CT molecular complexity index is 1230. The van der Waals surface area contributed by atoms with Gasteiger partial charge in [0.1, 0.15) is 37.4 Å². The average molecular weight is 712 g/mol. The van der Waals surface area contributed by atoms with Gasteiger partial charge in [-0.25, -0.2) is 0 Å². The molecule has 1 N–H and O–H groups in total. The van der Waals surface area contributed by atoms with E-state index in [1.807, 2.05) is 0 Å². The molecule has 0 aromatic rings. The summed E-state index contributed by atoms with van der Waals surface area (Å²) in [5.74, 6) is -7.45. The number of rotatable bonds is 13. The van der Waals surface area contributed by atoms with Gasteiger partial charge >= 0.3 is 41.8 Å². The Morgan fingerprint density at radius 3 is 1.35 bits per heavy atom. The van der Waals surface area contributed by atoms with Crippen LogP contribution in [0.25, 0.3) is 0 Å². The molecule has 1 amide bonds. The summed E-state index contributed by atoms with van der Waals surface area (Å²) in [4.78, 5) is 96.9. The van der Waals surface area contributed by atoms with Crippen molar-refractivity contribution in [1.29, 1.82) is 0 Å². The normalized spacial score (nSPS) is 29.7. The van der Waals surface area contributed by atoms with Gasteiger partial charge in [0, 0.05) is 48.5 Å². The number of carbonyl (C=O) groups is 8. The van der Waals surface area contributed by atoms with Gasteiger partial charge in [-0.15, -0.1) is 11.6 Å². The molecule has 2 aliphatic heterocycles. The van der Waals surface area contributed by atoms with Gasteiger partial charge in [-0.3, -0.25) is 38.4 Å². The number of alkyl halides is 1. The Balaban J connectivity index is 2.74. The Morgan fingerprint density at radius 1 is 0.521 bits per heavy atom. The van der Waals surface area contributed by atoms with Crippen molar-refractivity contribution < 1.29 is 85.7 Å². The third-order valence-electron chi connectivity index (χ3n) is 6.35. The quantitative estimate of drug-likeness (QED) is 0.136. The highest BCUT2D eigenvalue weighted by Crippen LogP contribution is 2.35. The maximum atomic E-state index is 12.4. The van der Waals surface area contributed by atoms with Crippen molar-refractivity contribution in [3.05, 3.63) is 0 Å². The van der Waals surface area contributed by atoms with Crippen LogP contribution in [0.5, 0.6) is 0 Å². The van der Waals surface area contributed by atoms with Crippen LogP contribution in [-0.4, -0.2) is 128 Å². The van der Waals surface area contributed by atoms with Gasteiger partial charge in [0.25, 0.3) is 0 Å². The predicted molar refractivity (Wildman–Crippen MR) is 152 cm³/mol. The molecule has 2 fully saturated rings. The zero-order valence-corrected chi connectivity index (χ0v) is 27.9. The summed E-state index contributed by atoms with van der Waals surface area (Å²) in [5, 5.41) is 2.38. The Morgan fingerprint density at radius 2 is 0.917 bits per heavy atom. The van der Waals surface area contributed by atoms with Crippen LogP contribution in [0.4, 0.5) is 0 Å². The number of ether oxygens (including phenoxy) is 10.